The van der Waals surface area contributed by atoms with Gasteiger partial charge in [-0.2, -0.15) is 0 Å². The molecule has 0 saturated carbocycles. The third-order valence-corrected chi connectivity index (χ3v) is 6.65. The highest BCUT2D eigenvalue weighted by Gasteiger charge is 2.33. The summed E-state index contributed by atoms with van der Waals surface area (Å²) in [7, 11) is 2.12. The molecule has 6 heteroatoms. The molecule has 4 heterocycles. The van der Waals surface area contributed by atoms with Gasteiger partial charge in [0.05, 0.1) is 30.0 Å². The molecule has 0 bridgehead atoms. The molecule has 4 aromatic rings. The Morgan fingerprint density at radius 2 is 1.73 bits per heavy atom. The molecule has 0 N–H and O–H groups in total. The second-order valence-corrected chi connectivity index (χ2v) is 9.80. The van der Waals surface area contributed by atoms with Crippen LogP contribution in [0.25, 0.3) is 29.0 Å². The molecule has 1 aliphatic heterocycles. The van der Waals surface area contributed by atoms with Crippen LogP contribution in [-0.4, -0.2) is 16.4 Å². The predicted molar refractivity (Wildman–Crippen MR) is 136 cm³/mol. The van der Waals surface area contributed by atoms with Crippen LogP contribution in [0.2, 0.25) is 6.82 Å². The van der Waals surface area contributed by atoms with E-state index in [-0.39, 0.29) is 6.85 Å². The number of hydrogen-bond acceptors (Lipinski definition) is 3. The van der Waals surface area contributed by atoms with E-state index in [2.05, 4.69) is 109 Å². The summed E-state index contributed by atoms with van der Waals surface area (Å²) >= 11 is 0. The SMILES string of the molecule is CB1C=c2oc3nc(C)ccc3c2=CN1c1n(-c2c(C(C)C)cccc2C(C)C)cc[n+]1C. The van der Waals surface area contributed by atoms with E-state index in [4.69, 9.17) is 4.42 Å². The summed E-state index contributed by atoms with van der Waals surface area (Å²) in [6, 6.07) is 10.9. The van der Waals surface area contributed by atoms with Crippen molar-refractivity contribution in [3.05, 3.63) is 70.2 Å². The Bertz CT molecular complexity index is 1450. The third kappa shape index (κ3) is 3.49. The lowest BCUT2D eigenvalue weighted by atomic mass is 9.62. The number of para-hydroxylation sites is 1. The van der Waals surface area contributed by atoms with E-state index in [1.807, 2.05) is 13.0 Å². The van der Waals surface area contributed by atoms with Gasteiger partial charge in [-0.15, -0.1) is 0 Å². The maximum Gasteiger partial charge on any atom is 0.369 e. The van der Waals surface area contributed by atoms with Crippen molar-refractivity contribution in [3.63, 3.8) is 0 Å². The summed E-state index contributed by atoms with van der Waals surface area (Å²) in [6.07, 6.45) is 6.56. The summed E-state index contributed by atoms with van der Waals surface area (Å²) in [5.74, 6) is 4.16. The van der Waals surface area contributed by atoms with Crippen LogP contribution in [0.5, 0.6) is 0 Å². The molecule has 3 aromatic heterocycles. The first kappa shape index (κ1) is 21.6. The molecule has 0 spiro atoms. The summed E-state index contributed by atoms with van der Waals surface area (Å²) in [4.78, 5) is 6.95. The van der Waals surface area contributed by atoms with Crippen LogP contribution in [0.4, 0.5) is 5.95 Å². The van der Waals surface area contributed by atoms with Gasteiger partial charge in [0.15, 0.2) is 0 Å². The predicted octanol–water partition coefficient (Wildman–Crippen LogP) is 4.20. The minimum Gasteiger partial charge on any atom is -0.439 e. The number of nitrogens with zero attached hydrogens (tertiary/aromatic N) is 4. The number of furan rings is 1. The lowest BCUT2D eigenvalue weighted by molar-refractivity contribution is -0.656. The maximum absolute atomic E-state index is 6.12. The summed E-state index contributed by atoms with van der Waals surface area (Å²) in [5, 5.41) is 2.14. The molecular formula is C27H32BN4O+. The van der Waals surface area contributed by atoms with Crippen molar-refractivity contribution in [1.29, 1.82) is 0 Å². The fraction of sp³-hybridized carbons (Fsp3) is 0.333. The van der Waals surface area contributed by atoms with E-state index in [9.17, 15) is 0 Å². The summed E-state index contributed by atoms with van der Waals surface area (Å²) in [5.41, 5.74) is 6.58. The molecule has 0 saturated heterocycles. The molecule has 1 aliphatic rings. The lowest BCUT2D eigenvalue weighted by Crippen LogP contribution is -2.47. The zero-order valence-corrected chi connectivity index (χ0v) is 20.6. The van der Waals surface area contributed by atoms with Crippen molar-refractivity contribution in [2.75, 3.05) is 4.81 Å². The normalized spacial score (nSPS) is 13.6. The molecule has 0 fully saturated rings. The van der Waals surface area contributed by atoms with E-state index in [0.29, 0.717) is 17.5 Å². The fourth-order valence-corrected chi connectivity index (χ4v) is 4.90. The zero-order chi connectivity index (χ0) is 23.4. The van der Waals surface area contributed by atoms with Crippen molar-refractivity contribution in [2.24, 2.45) is 7.05 Å². The van der Waals surface area contributed by atoms with Crippen LogP contribution in [-0.2, 0) is 7.05 Å². The minimum atomic E-state index is 0.132. The molecule has 0 unspecified atom stereocenters. The maximum atomic E-state index is 6.12. The molecule has 168 valence electrons. The number of hydrogen-bond donors (Lipinski definition) is 0. The van der Waals surface area contributed by atoms with Crippen molar-refractivity contribution in [1.82, 2.24) is 9.55 Å². The number of pyridine rings is 1. The summed E-state index contributed by atoms with van der Waals surface area (Å²) in [6.45, 7) is 13.4. The van der Waals surface area contributed by atoms with Gasteiger partial charge in [-0.05, 0) is 54.8 Å². The van der Waals surface area contributed by atoms with Gasteiger partial charge in [0.25, 0.3) is 0 Å². The number of anilines is 1. The van der Waals surface area contributed by atoms with E-state index in [1.54, 1.807) is 0 Å². The highest BCUT2D eigenvalue weighted by molar-refractivity contribution is 6.76. The van der Waals surface area contributed by atoms with Gasteiger partial charge in [0, 0.05) is 5.69 Å². The number of aromatic nitrogens is 3. The Kier molecular flexibility index (Phi) is 5.19. The van der Waals surface area contributed by atoms with Crippen molar-refractivity contribution in [2.45, 2.75) is 53.3 Å². The second kappa shape index (κ2) is 7.94. The van der Waals surface area contributed by atoms with Gasteiger partial charge in [0.2, 0.25) is 5.71 Å². The van der Waals surface area contributed by atoms with Crippen LogP contribution in [0.15, 0.2) is 47.1 Å². The van der Waals surface area contributed by atoms with Crippen LogP contribution in [0.1, 0.15) is 56.4 Å². The summed E-state index contributed by atoms with van der Waals surface area (Å²) < 4.78 is 10.7. The number of rotatable bonds is 4. The van der Waals surface area contributed by atoms with Gasteiger partial charge in [-0.1, -0.05) is 45.9 Å². The zero-order valence-electron chi connectivity index (χ0n) is 20.6. The van der Waals surface area contributed by atoms with Crippen molar-refractivity contribution in [3.8, 4) is 5.69 Å². The van der Waals surface area contributed by atoms with E-state index in [0.717, 1.165) is 27.7 Å². The number of aryl methyl sites for hydroxylation is 2. The molecular weight excluding hydrogens is 407 g/mol. The first-order valence-corrected chi connectivity index (χ1v) is 11.8. The molecule has 0 radical (unpaired) electrons. The standard InChI is InChI=1S/C27H32BN4O/c1-17(2)20-9-8-10-21(18(3)4)25(20)31-14-13-30(7)27(31)32-16-23-22-12-11-19(5)29-26(22)33-24(23)15-28(32)6/h8-18H,1-7H3/q+1. The average Bonchev–Trinajstić information content (AvgIpc) is 3.31. The average molecular weight is 439 g/mol. The Labute approximate surface area is 195 Å². The van der Waals surface area contributed by atoms with Crippen molar-refractivity contribution >= 4 is 36.1 Å². The lowest BCUT2D eigenvalue weighted by Gasteiger charge is -2.23. The van der Waals surface area contributed by atoms with E-state index >= 15 is 0 Å². The third-order valence-electron chi connectivity index (χ3n) is 6.65. The van der Waals surface area contributed by atoms with Crippen LogP contribution in [0, 0.1) is 6.92 Å². The smallest absolute Gasteiger partial charge is 0.369 e. The van der Waals surface area contributed by atoms with Crippen LogP contribution in [0.3, 0.4) is 0 Å². The molecule has 33 heavy (non-hydrogen) atoms. The van der Waals surface area contributed by atoms with Crippen LogP contribution >= 0.6 is 0 Å². The molecule has 1 aromatic carbocycles. The molecule has 5 rings (SSSR count). The Morgan fingerprint density at radius 3 is 2.39 bits per heavy atom. The van der Waals surface area contributed by atoms with Gasteiger partial charge in [-0.25, -0.2) is 14.1 Å². The molecule has 0 atom stereocenters. The molecule has 5 nitrogen and oxygen atoms in total. The topological polar surface area (TPSA) is 38.1 Å². The minimum absolute atomic E-state index is 0.132. The Hall–Kier alpha value is -3.28. The quantitative estimate of drug-likeness (QED) is 0.354. The first-order valence-electron chi connectivity index (χ1n) is 11.8. The second-order valence-electron chi connectivity index (χ2n) is 9.80. The largest absolute Gasteiger partial charge is 0.439 e. The monoisotopic (exact) mass is 439 g/mol. The number of imidazole rings is 1. The van der Waals surface area contributed by atoms with Gasteiger partial charge < -0.3 is 4.42 Å². The molecule has 0 aliphatic carbocycles. The van der Waals surface area contributed by atoms with E-state index in [1.165, 1.54) is 16.8 Å². The van der Waals surface area contributed by atoms with Crippen molar-refractivity contribution < 1.29 is 8.98 Å². The van der Waals surface area contributed by atoms with E-state index < -0.39 is 0 Å². The molecule has 0 amide bonds. The highest BCUT2D eigenvalue weighted by Crippen LogP contribution is 2.33. The van der Waals surface area contributed by atoms with Gasteiger partial charge in [-0.3, -0.25) is 4.81 Å². The number of benzene rings is 1. The number of fused-ring (bicyclic) bond motifs is 3. The fourth-order valence-electron chi connectivity index (χ4n) is 4.90. The first-order chi connectivity index (χ1) is 15.8. The highest BCUT2D eigenvalue weighted by atomic mass is 16.3. The Balaban J connectivity index is 1.76. The van der Waals surface area contributed by atoms with Gasteiger partial charge in [0.1, 0.15) is 17.3 Å². The van der Waals surface area contributed by atoms with Crippen LogP contribution < -0.4 is 20.0 Å². The van der Waals surface area contributed by atoms with Gasteiger partial charge >= 0.3 is 12.8 Å². The Morgan fingerprint density at radius 1 is 1.03 bits per heavy atom.